The molecule has 0 unspecified atom stereocenters. The molecular formula is C30H31N3O8S3. The second-order valence-electron chi connectivity index (χ2n) is 9.38. The molecule has 0 spiro atoms. The van der Waals surface area contributed by atoms with E-state index in [2.05, 4.69) is 11.3 Å². The second kappa shape index (κ2) is 13.6. The van der Waals surface area contributed by atoms with Gasteiger partial charge in [0.2, 0.25) is 0 Å². The molecule has 1 fully saturated rings. The van der Waals surface area contributed by atoms with E-state index in [4.69, 9.17) is 9.47 Å². The van der Waals surface area contributed by atoms with Gasteiger partial charge in [-0.25, -0.2) is 16.8 Å². The molecule has 0 bridgehead atoms. The molecule has 3 aromatic carbocycles. The Hall–Kier alpha value is -4.27. The first-order valence-corrected chi connectivity index (χ1v) is 17.1. The lowest BCUT2D eigenvalue weighted by atomic mass is 10.1. The molecule has 1 heterocycles. The van der Waals surface area contributed by atoms with Crippen molar-refractivity contribution in [2.45, 2.75) is 11.8 Å². The maximum atomic E-state index is 14.1. The summed E-state index contributed by atoms with van der Waals surface area (Å²) in [5, 5.41) is 0.292. The first kappa shape index (κ1) is 32.6. The highest BCUT2D eigenvalue weighted by Crippen LogP contribution is 2.36. The lowest BCUT2D eigenvalue weighted by Gasteiger charge is -2.27. The predicted octanol–water partition coefficient (Wildman–Crippen LogP) is 5.10. The van der Waals surface area contributed by atoms with Crippen molar-refractivity contribution in [1.82, 2.24) is 4.90 Å². The molecule has 4 rings (SSSR count). The number of hydrogen-bond acceptors (Lipinski definition) is 9. The first-order valence-electron chi connectivity index (χ1n) is 13.2. The average molecular weight is 658 g/mol. The third-order valence-electron chi connectivity index (χ3n) is 6.75. The summed E-state index contributed by atoms with van der Waals surface area (Å²) in [6.45, 7) is 4.53. The lowest BCUT2D eigenvalue weighted by molar-refractivity contribution is -0.125. The summed E-state index contributed by atoms with van der Waals surface area (Å²) in [5.41, 5.74) is 0.314. The number of carbonyl (C=O) groups excluding carboxylic acids is 2. The molecule has 11 nitrogen and oxygen atoms in total. The third-order valence-corrected chi connectivity index (χ3v) is 10.8. The number of hydrogen-bond donors (Lipinski definition) is 1. The van der Waals surface area contributed by atoms with Gasteiger partial charge in [0.1, 0.15) is 18.1 Å². The van der Waals surface area contributed by atoms with Gasteiger partial charge in [-0.1, -0.05) is 42.6 Å². The zero-order valence-electron chi connectivity index (χ0n) is 24.2. The topological polar surface area (TPSA) is 139 Å². The number of thioether (sulfide) groups is 1. The molecule has 1 aliphatic heterocycles. The smallest absolute Gasteiger partial charge is 0.288 e. The molecule has 1 N–H and O–H groups in total. The monoisotopic (exact) mass is 657 g/mol. The molecule has 1 saturated heterocycles. The van der Waals surface area contributed by atoms with Gasteiger partial charge in [-0.2, -0.15) is 0 Å². The quantitative estimate of drug-likeness (QED) is 0.208. The van der Waals surface area contributed by atoms with Crippen LogP contribution in [-0.4, -0.2) is 65.9 Å². The van der Waals surface area contributed by atoms with E-state index in [0.717, 1.165) is 21.0 Å². The van der Waals surface area contributed by atoms with Crippen molar-refractivity contribution in [3.05, 3.63) is 96.1 Å². The molecule has 2 amide bonds. The summed E-state index contributed by atoms with van der Waals surface area (Å²) < 4.78 is 68.3. The number of ether oxygens (including phenoxy) is 2. The SMILES string of the molecule is C=C/C(=C\C=C(/C)S(=O)(=O)Nc1ccc(N(CC(=O)N2CCSC2=O)S(=O)(=O)c2ccc(OC)cc2)c2ccccc12)OC. The maximum Gasteiger partial charge on any atom is 0.288 e. The summed E-state index contributed by atoms with van der Waals surface area (Å²) in [6.07, 6.45) is 4.27. The van der Waals surface area contributed by atoms with Gasteiger partial charge in [0.15, 0.2) is 0 Å². The minimum atomic E-state index is -4.36. The number of nitrogens with one attached hydrogen (secondary N) is 1. The summed E-state index contributed by atoms with van der Waals surface area (Å²) in [5.74, 6) is 0.541. The third kappa shape index (κ3) is 6.93. The van der Waals surface area contributed by atoms with Crippen LogP contribution in [0.3, 0.4) is 0 Å². The normalized spacial score (nSPS) is 14.4. The number of amides is 2. The van der Waals surface area contributed by atoms with E-state index in [1.807, 2.05) is 0 Å². The van der Waals surface area contributed by atoms with Gasteiger partial charge in [0, 0.05) is 23.1 Å². The zero-order valence-corrected chi connectivity index (χ0v) is 26.7. The van der Waals surface area contributed by atoms with Crippen molar-refractivity contribution in [2.75, 3.05) is 42.1 Å². The number of carbonyl (C=O) groups is 2. The van der Waals surface area contributed by atoms with Gasteiger partial charge in [0.05, 0.1) is 35.4 Å². The Morgan fingerprint density at radius 1 is 1.02 bits per heavy atom. The second-order valence-corrected chi connectivity index (χ2v) is 14.1. The molecule has 0 radical (unpaired) electrons. The fraction of sp³-hybridized carbons (Fsp3) is 0.200. The number of benzene rings is 3. The molecule has 232 valence electrons. The van der Waals surface area contributed by atoms with Crippen molar-refractivity contribution in [3.63, 3.8) is 0 Å². The highest BCUT2D eigenvalue weighted by Gasteiger charge is 2.34. The van der Waals surface area contributed by atoms with Crippen LogP contribution in [0, 0.1) is 0 Å². The van der Waals surface area contributed by atoms with Gasteiger partial charge in [-0.15, -0.1) is 0 Å². The number of methoxy groups -OCH3 is 2. The van der Waals surface area contributed by atoms with Crippen molar-refractivity contribution < 1.29 is 35.9 Å². The highest BCUT2D eigenvalue weighted by molar-refractivity contribution is 8.13. The maximum absolute atomic E-state index is 14.1. The minimum Gasteiger partial charge on any atom is -0.497 e. The predicted molar refractivity (Wildman–Crippen MR) is 173 cm³/mol. The van der Waals surface area contributed by atoms with E-state index < -0.39 is 37.7 Å². The number of allylic oxidation sites excluding steroid dienone is 4. The lowest BCUT2D eigenvalue weighted by Crippen LogP contribution is -2.43. The minimum absolute atomic E-state index is 0.00971. The Morgan fingerprint density at radius 3 is 2.30 bits per heavy atom. The van der Waals surface area contributed by atoms with Crippen molar-refractivity contribution >= 4 is 65.1 Å². The number of nitrogens with zero attached hydrogens (tertiary/aromatic N) is 2. The Kier molecular flexibility index (Phi) is 10.1. The Bertz CT molecular complexity index is 1870. The molecule has 0 aromatic heterocycles. The largest absolute Gasteiger partial charge is 0.497 e. The van der Waals surface area contributed by atoms with E-state index in [1.165, 1.54) is 75.8 Å². The van der Waals surface area contributed by atoms with Crippen molar-refractivity contribution in [3.8, 4) is 5.75 Å². The standard InChI is InChI=1S/C30H31N3O8S3/c1-5-22(40-3)11-10-21(2)43(36,37)31-27-16-17-28(26-9-7-6-8-25(26)27)33(20-29(34)32-18-19-42-30(32)35)44(38,39)24-14-12-23(41-4)13-15-24/h5-17,31H,1,18-20H2,2-4H3/b21-10+,22-11+. The van der Waals surface area contributed by atoms with Gasteiger partial charge in [-0.05, 0) is 61.5 Å². The number of fused-ring (bicyclic) bond motifs is 1. The van der Waals surface area contributed by atoms with E-state index in [-0.39, 0.29) is 27.7 Å². The Balaban J connectivity index is 1.82. The Morgan fingerprint density at radius 2 is 1.70 bits per heavy atom. The van der Waals surface area contributed by atoms with Crippen molar-refractivity contribution in [2.24, 2.45) is 0 Å². The first-order chi connectivity index (χ1) is 20.9. The van der Waals surface area contributed by atoms with Crippen LogP contribution in [-0.2, 0) is 29.6 Å². The van der Waals surface area contributed by atoms with Gasteiger partial charge in [0.25, 0.3) is 31.2 Å². The van der Waals surface area contributed by atoms with Crippen LogP contribution in [0.15, 0.2) is 101 Å². The molecule has 3 aromatic rings. The van der Waals surface area contributed by atoms with E-state index in [0.29, 0.717) is 28.0 Å². The van der Waals surface area contributed by atoms with Crippen LogP contribution in [0.4, 0.5) is 16.2 Å². The average Bonchev–Trinajstić information content (AvgIpc) is 3.46. The van der Waals surface area contributed by atoms with Gasteiger partial charge >= 0.3 is 0 Å². The molecular weight excluding hydrogens is 627 g/mol. The van der Waals surface area contributed by atoms with Crippen LogP contribution in [0.2, 0.25) is 0 Å². The summed E-state index contributed by atoms with van der Waals surface area (Å²) in [7, 11) is -5.50. The number of sulfonamides is 2. The van der Waals surface area contributed by atoms with E-state index in [1.54, 1.807) is 24.3 Å². The summed E-state index contributed by atoms with van der Waals surface area (Å²) >= 11 is 0.983. The molecule has 14 heteroatoms. The Labute approximate surface area is 260 Å². The number of anilines is 2. The molecule has 1 aliphatic rings. The van der Waals surface area contributed by atoms with Gasteiger partial charge in [-0.3, -0.25) is 23.5 Å². The fourth-order valence-electron chi connectivity index (χ4n) is 4.33. The highest BCUT2D eigenvalue weighted by atomic mass is 32.2. The molecule has 0 atom stereocenters. The fourth-order valence-corrected chi connectivity index (χ4v) is 7.43. The van der Waals surface area contributed by atoms with Crippen LogP contribution in [0.1, 0.15) is 6.92 Å². The van der Waals surface area contributed by atoms with Crippen LogP contribution in [0.5, 0.6) is 5.75 Å². The molecule has 0 aliphatic carbocycles. The van der Waals surface area contributed by atoms with Crippen LogP contribution in [0.25, 0.3) is 10.8 Å². The number of imide groups is 1. The molecule has 0 saturated carbocycles. The molecule has 44 heavy (non-hydrogen) atoms. The van der Waals surface area contributed by atoms with Crippen molar-refractivity contribution in [1.29, 1.82) is 0 Å². The van der Waals surface area contributed by atoms with Gasteiger partial charge < -0.3 is 9.47 Å². The zero-order chi connectivity index (χ0) is 32.1. The summed E-state index contributed by atoms with van der Waals surface area (Å²) in [6, 6.07) is 15.2. The van der Waals surface area contributed by atoms with Crippen LogP contribution < -0.4 is 13.8 Å². The van der Waals surface area contributed by atoms with E-state index >= 15 is 0 Å². The number of rotatable bonds is 12. The summed E-state index contributed by atoms with van der Waals surface area (Å²) in [4.78, 5) is 26.5. The van der Waals surface area contributed by atoms with Crippen LogP contribution >= 0.6 is 11.8 Å². The van der Waals surface area contributed by atoms with E-state index in [9.17, 15) is 26.4 Å².